The van der Waals surface area contributed by atoms with Crippen molar-refractivity contribution in [1.29, 1.82) is 0 Å². The van der Waals surface area contributed by atoms with Crippen LogP contribution in [0.5, 0.6) is 0 Å². The predicted molar refractivity (Wildman–Crippen MR) is 63.2 cm³/mol. The number of amides is 1. The maximum atomic E-state index is 11.2. The summed E-state index contributed by atoms with van der Waals surface area (Å²) in [5.41, 5.74) is 1.81. The Bertz CT molecular complexity index is 539. The molecular weight excluding hydrogens is 242 g/mol. The predicted octanol–water partition coefficient (Wildman–Crippen LogP) is 1.15. The molecule has 88 valence electrons. The first-order valence-electron chi connectivity index (χ1n) is 4.92. The number of benzene rings is 1. The van der Waals surface area contributed by atoms with Crippen molar-refractivity contribution < 1.29 is 4.79 Å². The summed E-state index contributed by atoms with van der Waals surface area (Å²) in [6.07, 6.45) is 0. The van der Waals surface area contributed by atoms with E-state index >= 15 is 0 Å². The van der Waals surface area contributed by atoms with Crippen LogP contribution in [0.2, 0.25) is 0 Å². The van der Waals surface area contributed by atoms with Gasteiger partial charge < -0.3 is 0 Å². The Balaban J connectivity index is 2.37. The molecule has 6 nitrogen and oxygen atoms in total. The Morgan fingerprint density at radius 3 is 2.94 bits per heavy atom. The molecule has 0 aliphatic heterocycles. The number of alkyl halides is 1. The largest absolute Gasteiger partial charge is 0.292 e. The third-order valence-electron chi connectivity index (χ3n) is 2.19. The maximum absolute atomic E-state index is 11.2. The highest BCUT2D eigenvalue weighted by molar-refractivity contribution is 6.28. The molecule has 0 aliphatic carbocycles. The van der Waals surface area contributed by atoms with Gasteiger partial charge in [-0.3, -0.25) is 10.1 Å². The molecule has 0 saturated carbocycles. The van der Waals surface area contributed by atoms with Gasteiger partial charge in [-0.2, -0.15) is 4.68 Å². The van der Waals surface area contributed by atoms with E-state index < -0.39 is 0 Å². The molecule has 1 aromatic heterocycles. The average molecular weight is 252 g/mol. The fourth-order valence-corrected chi connectivity index (χ4v) is 1.45. The molecule has 0 spiro atoms. The molecule has 1 aromatic carbocycles. The van der Waals surface area contributed by atoms with Gasteiger partial charge in [-0.25, -0.2) is 0 Å². The van der Waals surface area contributed by atoms with E-state index in [0.29, 0.717) is 0 Å². The molecule has 0 saturated heterocycles. The molecule has 0 fully saturated rings. The molecule has 17 heavy (non-hydrogen) atoms. The van der Waals surface area contributed by atoms with Crippen molar-refractivity contribution >= 4 is 23.5 Å². The van der Waals surface area contributed by atoms with Gasteiger partial charge in [0, 0.05) is 0 Å². The number of rotatable bonds is 3. The van der Waals surface area contributed by atoms with Gasteiger partial charge in [0.1, 0.15) is 5.88 Å². The molecule has 0 atom stereocenters. The topological polar surface area (TPSA) is 72.7 Å². The molecule has 2 rings (SSSR count). The molecule has 7 heteroatoms. The van der Waals surface area contributed by atoms with Gasteiger partial charge in [-0.05, 0) is 29.0 Å². The number of carbonyl (C=O) groups excluding carboxylic acids is 1. The summed E-state index contributed by atoms with van der Waals surface area (Å²) >= 11 is 5.41. The number of para-hydroxylation sites is 1. The number of anilines is 1. The zero-order chi connectivity index (χ0) is 12.3. The van der Waals surface area contributed by atoms with Crippen LogP contribution in [0.1, 0.15) is 5.56 Å². The van der Waals surface area contributed by atoms with Crippen molar-refractivity contribution in [3.05, 3.63) is 29.8 Å². The first kappa shape index (κ1) is 11.5. The number of halogens is 1. The van der Waals surface area contributed by atoms with Gasteiger partial charge in [-0.1, -0.05) is 23.3 Å². The monoisotopic (exact) mass is 251 g/mol. The first-order chi connectivity index (χ1) is 8.22. The zero-order valence-corrected chi connectivity index (χ0v) is 9.85. The van der Waals surface area contributed by atoms with Crippen molar-refractivity contribution in [1.82, 2.24) is 20.2 Å². The number of carbonyl (C=O) groups is 1. The van der Waals surface area contributed by atoms with Crippen LogP contribution in [0.25, 0.3) is 5.69 Å². The van der Waals surface area contributed by atoms with Crippen LogP contribution < -0.4 is 5.32 Å². The third-order valence-corrected chi connectivity index (χ3v) is 2.43. The number of aromatic nitrogens is 4. The van der Waals surface area contributed by atoms with Gasteiger partial charge >= 0.3 is 0 Å². The van der Waals surface area contributed by atoms with Crippen LogP contribution in [0.3, 0.4) is 0 Å². The third kappa shape index (κ3) is 2.42. The smallest absolute Gasteiger partial charge is 0.254 e. The van der Waals surface area contributed by atoms with Gasteiger partial charge in [0.25, 0.3) is 5.95 Å². The second kappa shape index (κ2) is 4.92. The summed E-state index contributed by atoms with van der Waals surface area (Å²) in [6.45, 7) is 1.93. The van der Waals surface area contributed by atoms with Crippen molar-refractivity contribution in [2.24, 2.45) is 0 Å². The summed E-state index contributed by atoms with van der Waals surface area (Å²) in [7, 11) is 0. The van der Waals surface area contributed by atoms with Crippen LogP contribution >= 0.6 is 11.6 Å². The first-order valence-corrected chi connectivity index (χ1v) is 5.46. The van der Waals surface area contributed by atoms with Crippen molar-refractivity contribution in [2.45, 2.75) is 6.92 Å². The van der Waals surface area contributed by atoms with E-state index in [9.17, 15) is 4.79 Å². The minimum absolute atomic E-state index is 0.138. The lowest BCUT2D eigenvalue weighted by molar-refractivity contribution is -0.114. The molecule has 0 aliphatic rings. The highest BCUT2D eigenvalue weighted by Crippen LogP contribution is 2.15. The lowest BCUT2D eigenvalue weighted by atomic mass is 10.2. The summed E-state index contributed by atoms with van der Waals surface area (Å²) in [4.78, 5) is 11.2. The summed E-state index contributed by atoms with van der Waals surface area (Å²) in [6, 6.07) is 7.59. The van der Waals surface area contributed by atoms with Crippen molar-refractivity contribution in [3.8, 4) is 5.69 Å². The number of tetrazole rings is 1. The Hall–Kier alpha value is -1.95. The number of hydrogen-bond donors (Lipinski definition) is 1. The Labute approximate surface area is 103 Å². The van der Waals surface area contributed by atoms with Crippen molar-refractivity contribution in [2.75, 3.05) is 11.2 Å². The molecule has 1 amide bonds. The Morgan fingerprint density at radius 2 is 2.24 bits per heavy atom. The molecule has 1 heterocycles. The minimum Gasteiger partial charge on any atom is -0.292 e. The molecule has 1 N–H and O–H groups in total. The molecule has 2 aromatic rings. The van der Waals surface area contributed by atoms with Crippen molar-refractivity contribution in [3.63, 3.8) is 0 Å². The SMILES string of the molecule is Cc1ccccc1-n1nnnc1NC(=O)CCl. The fourth-order valence-electron chi connectivity index (χ4n) is 1.39. The van der Waals surface area contributed by atoms with E-state index in [0.717, 1.165) is 11.3 Å². The van der Waals surface area contributed by atoms with Gasteiger partial charge in [0.2, 0.25) is 5.91 Å². The second-order valence-corrected chi connectivity index (χ2v) is 3.65. The van der Waals surface area contributed by atoms with E-state index in [1.165, 1.54) is 4.68 Å². The number of nitrogens with one attached hydrogen (secondary N) is 1. The van der Waals surface area contributed by atoms with E-state index in [1.807, 2.05) is 31.2 Å². The van der Waals surface area contributed by atoms with Crippen LogP contribution in [-0.4, -0.2) is 32.0 Å². The molecular formula is C10H10ClN5O. The van der Waals surface area contributed by atoms with Gasteiger partial charge in [0.15, 0.2) is 0 Å². The lowest BCUT2D eigenvalue weighted by Crippen LogP contribution is -2.16. The Morgan fingerprint density at radius 1 is 1.47 bits per heavy atom. The average Bonchev–Trinajstić information content (AvgIpc) is 2.77. The number of nitrogens with zero attached hydrogens (tertiary/aromatic N) is 4. The van der Waals surface area contributed by atoms with Crippen LogP contribution in [0.15, 0.2) is 24.3 Å². The standard InChI is InChI=1S/C10H10ClN5O/c1-7-4-2-3-5-8(7)16-10(13-14-15-16)12-9(17)6-11/h2-5H,6H2,1H3,(H,12,13,15,17). The highest BCUT2D eigenvalue weighted by Gasteiger charge is 2.11. The molecule has 0 bridgehead atoms. The minimum atomic E-state index is -0.351. The lowest BCUT2D eigenvalue weighted by Gasteiger charge is -2.07. The van der Waals surface area contributed by atoms with E-state index in [1.54, 1.807) is 0 Å². The van der Waals surface area contributed by atoms with Gasteiger partial charge in [-0.15, -0.1) is 11.6 Å². The van der Waals surface area contributed by atoms with E-state index in [-0.39, 0.29) is 17.7 Å². The zero-order valence-electron chi connectivity index (χ0n) is 9.09. The van der Waals surface area contributed by atoms with E-state index in [2.05, 4.69) is 20.8 Å². The summed E-state index contributed by atoms with van der Waals surface area (Å²) < 4.78 is 1.46. The second-order valence-electron chi connectivity index (χ2n) is 3.38. The molecule has 0 unspecified atom stereocenters. The van der Waals surface area contributed by atoms with Gasteiger partial charge in [0.05, 0.1) is 5.69 Å². The normalized spacial score (nSPS) is 10.2. The number of aryl methyl sites for hydroxylation is 1. The van der Waals surface area contributed by atoms with Crippen LogP contribution in [0, 0.1) is 6.92 Å². The summed E-state index contributed by atoms with van der Waals surface area (Å²) in [5, 5.41) is 13.6. The van der Waals surface area contributed by atoms with Crippen LogP contribution in [0.4, 0.5) is 5.95 Å². The quantitative estimate of drug-likeness (QED) is 0.831. The molecule has 0 radical (unpaired) electrons. The Kier molecular flexibility index (Phi) is 3.34. The fraction of sp³-hybridized carbons (Fsp3) is 0.200. The summed E-state index contributed by atoms with van der Waals surface area (Å²) in [5.74, 6) is -0.234. The maximum Gasteiger partial charge on any atom is 0.254 e. The van der Waals surface area contributed by atoms with Crippen LogP contribution in [-0.2, 0) is 4.79 Å². The van der Waals surface area contributed by atoms with E-state index in [4.69, 9.17) is 11.6 Å². The highest BCUT2D eigenvalue weighted by atomic mass is 35.5. The number of hydrogen-bond acceptors (Lipinski definition) is 4.